The summed E-state index contributed by atoms with van der Waals surface area (Å²) in [6.07, 6.45) is -2.88. The van der Waals surface area contributed by atoms with E-state index < -0.39 is 54.4 Å². The maximum Gasteiger partial charge on any atom is 0.303 e. The van der Waals surface area contributed by atoms with E-state index in [2.05, 4.69) is 0 Å². The highest BCUT2D eigenvalue weighted by molar-refractivity contribution is 5.68. The van der Waals surface area contributed by atoms with Crippen LogP contribution < -0.4 is 0 Å². The van der Waals surface area contributed by atoms with E-state index in [0.717, 1.165) is 12.0 Å². The Morgan fingerprint density at radius 1 is 0.750 bits per heavy atom. The highest BCUT2D eigenvalue weighted by Crippen LogP contribution is 2.31. The van der Waals surface area contributed by atoms with Gasteiger partial charge in [0.15, 0.2) is 18.3 Å². The van der Waals surface area contributed by atoms with Crippen molar-refractivity contribution in [3.05, 3.63) is 35.9 Å². The summed E-state index contributed by atoms with van der Waals surface area (Å²) in [6, 6.07) is 9.84. The number of carbonyl (C=O) groups is 4. The van der Waals surface area contributed by atoms with Crippen molar-refractivity contribution in [1.82, 2.24) is 0 Å². The standard InChI is InChI=1S/C23H30O9/c1-14(24)28-13-20-22(30-16(3)26)23(31-17(4)27)21(29-15(2)25)19(32-20)12-8-11-18-9-6-5-7-10-18/h5-7,9-10,19-23H,8,11-13H2,1-4H3/t19-,20-,21-,22-,23-/m1/s1. The van der Waals surface area contributed by atoms with Crippen molar-refractivity contribution in [3.63, 3.8) is 0 Å². The van der Waals surface area contributed by atoms with Gasteiger partial charge in [-0.25, -0.2) is 0 Å². The zero-order valence-corrected chi connectivity index (χ0v) is 18.8. The number of hydrogen-bond donors (Lipinski definition) is 0. The van der Waals surface area contributed by atoms with Crippen molar-refractivity contribution >= 4 is 23.9 Å². The third-order valence-corrected chi connectivity index (χ3v) is 4.88. The first-order valence-corrected chi connectivity index (χ1v) is 10.5. The summed E-state index contributed by atoms with van der Waals surface area (Å²) in [5.41, 5.74) is 1.14. The van der Waals surface area contributed by atoms with Gasteiger partial charge in [-0.15, -0.1) is 0 Å². The number of ether oxygens (including phenoxy) is 5. The van der Waals surface area contributed by atoms with Crippen LogP contribution in [0.2, 0.25) is 0 Å². The predicted octanol–water partition coefficient (Wildman–Crippen LogP) is 2.13. The van der Waals surface area contributed by atoms with Crippen LogP contribution in [-0.2, 0) is 49.3 Å². The van der Waals surface area contributed by atoms with Crippen molar-refractivity contribution in [2.24, 2.45) is 0 Å². The highest BCUT2D eigenvalue weighted by Gasteiger charge is 2.51. The first-order valence-electron chi connectivity index (χ1n) is 10.5. The summed E-state index contributed by atoms with van der Waals surface area (Å²) < 4.78 is 27.4. The lowest BCUT2D eigenvalue weighted by Gasteiger charge is -2.44. The number of carbonyl (C=O) groups excluding carboxylic acids is 4. The molecule has 32 heavy (non-hydrogen) atoms. The molecule has 1 saturated heterocycles. The lowest BCUT2D eigenvalue weighted by Crippen LogP contribution is -2.62. The van der Waals surface area contributed by atoms with Gasteiger partial charge in [0.1, 0.15) is 12.7 Å². The van der Waals surface area contributed by atoms with Crippen LogP contribution in [0.3, 0.4) is 0 Å². The number of benzene rings is 1. The molecule has 176 valence electrons. The van der Waals surface area contributed by atoms with Gasteiger partial charge in [0.25, 0.3) is 0 Å². The molecule has 1 heterocycles. The van der Waals surface area contributed by atoms with Crippen molar-refractivity contribution in [1.29, 1.82) is 0 Å². The summed E-state index contributed by atoms with van der Waals surface area (Å²) in [4.78, 5) is 46.7. The van der Waals surface area contributed by atoms with E-state index in [9.17, 15) is 19.2 Å². The Bertz CT molecular complexity index is 792. The van der Waals surface area contributed by atoms with Crippen LogP contribution in [0.5, 0.6) is 0 Å². The Balaban J connectivity index is 2.28. The molecule has 0 aromatic heterocycles. The van der Waals surface area contributed by atoms with Crippen molar-refractivity contribution in [2.45, 2.75) is 77.5 Å². The first kappa shape index (κ1) is 25.3. The maximum atomic E-state index is 11.8. The van der Waals surface area contributed by atoms with Crippen LogP contribution in [0, 0.1) is 0 Å². The van der Waals surface area contributed by atoms with Gasteiger partial charge in [0.2, 0.25) is 0 Å². The first-order chi connectivity index (χ1) is 15.2. The van der Waals surface area contributed by atoms with Crippen LogP contribution in [0.1, 0.15) is 46.1 Å². The largest absolute Gasteiger partial charge is 0.463 e. The molecule has 0 spiro atoms. The Kier molecular flexibility index (Phi) is 9.64. The summed E-state index contributed by atoms with van der Waals surface area (Å²) in [5, 5.41) is 0. The third-order valence-electron chi connectivity index (χ3n) is 4.88. The smallest absolute Gasteiger partial charge is 0.303 e. The molecule has 0 saturated carbocycles. The van der Waals surface area contributed by atoms with E-state index in [1.54, 1.807) is 0 Å². The molecule has 9 nitrogen and oxygen atoms in total. The molecule has 0 amide bonds. The van der Waals surface area contributed by atoms with E-state index in [1.165, 1.54) is 27.7 Å². The van der Waals surface area contributed by atoms with E-state index in [-0.39, 0.29) is 6.61 Å². The molecule has 1 aliphatic heterocycles. The summed E-state index contributed by atoms with van der Waals surface area (Å²) >= 11 is 0. The minimum absolute atomic E-state index is 0.215. The van der Waals surface area contributed by atoms with Gasteiger partial charge in [0, 0.05) is 27.7 Å². The molecular formula is C23H30O9. The minimum Gasteiger partial charge on any atom is -0.463 e. The normalized spacial score (nSPS) is 24.8. The number of aryl methyl sites for hydroxylation is 1. The van der Waals surface area contributed by atoms with Gasteiger partial charge in [-0.1, -0.05) is 30.3 Å². The summed E-state index contributed by atoms with van der Waals surface area (Å²) in [7, 11) is 0. The summed E-state index contributed by atoms with van der Waals surface area (Å²) in [6.45, 7) is 4.66. The van der Waals surface area contributed by atoms with Crippen LogP contribution in [0.15, 0.2) is 30.3 Å². The summed E-state index contributed by atoms with van der Waals surface area (Å²) in [5.74, 6) is -2.42. The second-order valence-corrected chi connectivity index (χ2v) is 7.62. The fourth-order valence-electron chi connectivity index (χ4n) is 3.70. The molecule has 1 aromatic rings. The zero-order valence-electron chi connectivity index (χ0n) is 18.8. The molecule has 0 N–H and O–H groups in total. The Hall–Kier alpha value is -2.94. The average Bonchev–Trinajstić information content (AvgIpc) is 2.70. The van der Waals surface area contributed by atoms with Crippen molar-refractivity contribution in [2.75, 3.05) is 6.61 Å². The molecule has 0 bridgehead atoms. The van der Waals surface area contributed by atoms with Crippen molar-refractivity contribution < 1.29 is 42.9 Å². The molecular weight excluding hydrogens is 420 g/mol. The van der Waals surface area contributed by atoms with Gasteiger partial charge in [-0.3, -0.25) is 19.2 Å². The van der Waals surface area contributed by atoms with Crippen LogP contribution >= 0.6 is 0 Å². The Labute approximate surface area is 187 Å². The molecule has 0 aliphatic carbocycles. The van der Waals surface area contributed by atoms with Gasteiger partial charge >= 0.3 is 23.9 Å². The molecule has 1 fully saturated rings. The van der Waals surface area contributed by atoms with E-state index in [0.29, 0.717) is 12.8 Å². The molecule has 9 heteroatoms. The lowest BCUT2D eigenvalue weighted by molar-refractivity contribution is -0.253. The second-order valence-electron chi connectivity index (χ2n) is 7.62. The number of rotatable bonds is 9. The quantitative estimate of drug-likeness (QED) is 0.412. The number of esters is 4. The maximum absolute atomic E-state index is 11.8. The van der Waals surface area contributed by atoms with Crippen LogP contribution in [0.4, 0.5) is 0 Å². The van der Waals surface area contributed by atoms with Gasteiger partial charge in [-0.05, 0) is 24.8 Å². The SMILES string of the molecule is CC(=O)OC[C@H]1O[C@H](CCCc2ccccc2)[C@@H](OC(C)=O)[C@@H](OC(C)=O)[C@@H]1OC(C)=O. The molecule has 2 rings (SSSR count). The average molecular weight is 450 g/mol. The third kappa shape index (κ3) is 7.96. The molecule has 1 aromatic carbocycles. The van der Waals surface area contributed by atoms with Gasteiger partial charge < -0.3 is 23.7 Å². The fourth-order valence-corrected chi connectivity index (χ4v) is 3.70. The highest BCUT2D eigenvalue weighted by atomic mass is 16.7. The monoisotopic (exact) mass is 450 g/mol. The van der Waals surface area contributed by atoms with E-state index in [4.69, 9.17) is 23.7 Å². The molecule has 0 radical (unpaired) electrons. The van der Waals surface area contributed by atoms with Crippen LogP contribution in [0.25, 0.3) is 0 Å². The lowest BCUT2D eigenvalue weighted by atomic mass is 9.91. The molecule has 5 atom stereocenters. The van der Waals surface area contributed by atoms with Crippen LogP contribution in [-0.4, -0.2) is 61.0 Å². The van der Waals surface area contributed by atoms with E-state index >= 15 is 0 Å². The van der Waals surface area contributed by atoms with Gasteiger partial charge in [0.05, 0.1) is 6.10 Å². The fraction of sp³-hybridized carbons (Fsp3) is 0.565. The zero-order chi connectivity index (χ0) is 23.7. The molecule has 1 aliphatic rings. The molecule has 0 unspecified atom stereocenters. The topological polar surface area (TPSA) is 114 Å². The predicted molar refractivity (Wildman–Crippen MR) is 111 cm³/mol. The minimum atomic E-state index is -1.12. The Morgan fingerprint density at radius 2 is 1.28 bits per heavy atom. The van der Waals surface area contributed by atoms with E-state index in [1.807, 2.05) is 30.3 Å². The van der Waals surface area contributed by atoms with Gasteiger partial charge in [-0.2, -0.15) is 0 Å². The second kappa shape index (κ2) is 12.2. The van der Waals surface area contributed by atoms with Crippen molar-refractivity contribution in [3.8, 4) is 0 Å². The Morgan fingerprint density at radius 3 is 1.81 bits per heavy atom. The number of hydrogen-bond acceptors (Lipinski definition) is 9.